The van der Waals surface area contributed by atoms with Crippen LogP contribution in [-0.4, -0.2) is 28.6 Å². The quantitative estimate of drug-likeness (QED) is 0.894. The third-order valence-corrected chi connectivity index (χ3v) is 5.38. The molecule has 0 saturated heterocycles. The minimum atomic E-state index is -0.601. The van der Waals surface area contributed by atoms with Crippen molar-refractivity contribution in [1.29, 1.82) is 0 Å². The number of carboxylic acids is 1. The van der Waals surface area contributed by atoms with E-state index < -0.39 is 5.97 Å². The highest BCUT2D eigenvalue weighted by molar-refractivity contribution is 7.10. The SMILES string of the molecule is O=C(O)C1CCCCC1N1CCc2sccc2C1. The van der Waals surface area contributed by atoms with Crippen LogP contribution in [-0.2, 0) is 17.8 Å². The zero-order valence-corrected chi connectivity index (χ0v) is 11.3. The van der Waals surface area contributed by atoms with E-state index in [9.17, 15) is 9.90 Å². The number of hydrogen-bond acceptors (Lipinski definition) is 3. The van der Waals surface area contributed by atoms with Gasteiger partial charge in [0, 0.05) is 24.0 Å². The topological polar surface area (TPSA) is 40.5 Å². The molecule has 0 spiro atoms. The van der Waals surface area contributed by atoms with Crippen molar-refractivity contribution in [2.45, 2.75) is 44.7 Å². The van der Waals surface area contributed by atoms with Gasteiger partial charge in [0.25, 0.3) is 0 Å². The van der Waals surface area contributed by atoms with E-state index in [-0.39, 0.29) is 12.0 Å². The van der Waals surface area contributed by atoms with Crippen LogP contribution in [0.2, 0.25) is 0 Å². The molecule has 0 amide bonds. The first-order valence-corrected chi connectivity index (χ1v) is 7.66. The molecule has 1 saturated carbocycles. The zero-order valence-electron chi connectivity index (χ0n) is 10.5. The third-order valence-electron chi connectivity index (χ3n) is 4.35. The number of carboxylic acid groups (broad SMARTS) is 1. The van der Waals surface area contributed by atoms with E-state index in [0.717, 1.165) is 38.8 Å². The summed E-state index contributed by atoms with van der Waals surface area (Å²) in [5.74, 6) is -0.755. The second-order valence-corrected chi connectivity index (χ2v) is 6.39. The van der Waals surface area contributed by atoms with Crippen molar-refractivity contribution in [2.75, 3.05) is 6.54 Å². The van der Waals surface area contributed by atoms with Gasteiger partial charge in [-0.2, -0.15) is 0 Å². The van der Waals surface area contributed by atoms with Crippen LogP contribution in [0, 0.1) is 5.92 Å². The van der Waals surface area contributed by atoms with E-state index in [1.54, 1.807) is 0 Å². The summed E-state index contributed by atoms with van der Waals surface area (Å²) in [6, 6.07) is 2.45. The van der Waals surface area contributed by atoms with Crippen LogP contribution in [0.4, 0.5) is 0 Å². The summed E-state index contributed by atoms with van der Waals surface area (Å²) in [5.41, 5.74) is 1.42. The Morgan fingerprint density at radius 2 is 2.22 bits per heavy atom. The van der Waals surface area contributed by atoms with E-state index >= 15 is 0 Å². The second-order valence-electron chi connectivity index (χ2n) is 5.39. The summed E-state index contributed by atoms with van der Waals surface area (Å²) < 4.78 is 0. The number of fused-ring (bicyclic) bond motifs is 1. The molecule has 1 N–H and O–H groups in total. The van der Waals surface area contributed by atoms with Crippen LogP contribution in [0.15, 0.2) is 11.4 Å². The molecule has 18 heavy (non-hydrogen) atoms. The standard InChI is InChI=1S/C14H19NO2S/c16-14(17)11-3-1-2-4-12(11)15-7-5-13-10(9-15)6-8-18-13/h6,8,11-12H,1-5,7,9H2,(H,16,17). The monoisotopic (exact) mass is 265 g/mol. The molecule has 1 fully saturated rings. The van der Waals surface area contributed by atoms with Crippen LogP contribution in [0.3, 0.4) is 0 Å². The number of thiophene rings is 1. The lowest BCUT2D eigenvalue weighted by molar-refractivity contribution is -0.145. The van der Waals surface area contributed by atoms with Gasteiger partial charge in [0.1, 0.15) is 0 Å². The van der Waals surface area contributed by atoms with Crippen molar-refractivity contribution in [2.24, 2.45) is 5.92 Å². The summed E-state index contributed by atoms with van der Waals surface area (Å²) in [7, 11) is 0. The third kappa shape index (κ3) is 2.19. The van der Waals surface area contributed by atoms with Crippen molar-refractivity contribution in [3.8, 4) is 0 Å². The van der Waals surface area contributed by atoms with E-state index in [4.69, 9.17) is 0 Å². The fourth-order valence-electron chi connectivity index (χ4n) is 3.39. The van der Waals surface area contributed by atoms with Gasteiger partial charge in [-0.05, 0) is 36.3 Å². The van der Waals surface area contributed by atoms with Crippen LogP contribution in [0.1, 0.15) is 36.1 Å². The van der Waals surface area contributed by atoms with Crippen molar-refractivity contribution >= 4 is 17.3 Å². The molecule has 0 radical (unpaired) electrons. The normalized spacial score (nSPS) is 28.9. The molecule has 1 aromatic heterocycles. The Hall–Kier alpha value is -0.870. The van der Waals surface area contributed by atoms with Crippen molar-refractivity contribution < 1.29 is 9.90 Å². The van der Waals surface area contributed by atoms with E-state index in [1.807, 2.05) is 11.3 Å². The van der Waals surface area contributed by atoms with E-state index in [1.165, 1.54) is 16.9 Å². The van der Waals surface area contributed by atoms with Crippen molar-refractivity contribution in [1.82, 2.24) is 4.90 Å². The summed E-state index contributed by atoms with van der Waals surface area (Å²) in [6.45, 7) is 1.98. The Balaban J connectivity index is 1.76. The van der Waals surface area contributed by atoms with E-state index in [2.05, 4.69) is 16.3 Å². The molecule has 3 rings (SSSR count). The highest BCUT2D eigenvalue weighted by atomic mass is 32.1. The molecule has 1 aliphatic heterocycles. The molecule has 2 atom stereocenters. The predicted molar refractivity (Wildman–Crippen MR) is 71.8 cm³/mol. The Kier molecular flexibility index (Phi) is 3.39. The maximum absolute atomic E-state index is 11.4. The molecule has 98 valence electrons. The Morgan fingerprint density at radius 1 is 1.39 bits per heavy atom. The first-order chi connectivity index (χ1) is 8.75. The maximum Gasteiger partial charge on any atom is 0.308 e. The van der Waals surface area contributed by atoms with Gasteiger partial charge in [0.15, 0.2) is 0 Å². The largest absolute Gasteiger partial charge is 0.481 e. The Labute approximate surface area is 111 Å². The van der Waals surface area contributed by atoms with E-state index in [0.29, 0.717) is 0 Å². The molecule has 0 bridgehead atoms. The molecule has 0 aromatic carbocycles. The fourth-order valence-corrected chi connectivity index (χ4v) is 4.28. The molecular formula is C14H19NO2S. The van der Waals surface area contributed by atoms with Crippen molar-refractivity contribution in [3.05, 3.63) is 21.9 Å². The molecule has 4 heteroatoms. The highest BCUT2D eigenvalue weighted by Crippen LogP contribution is 2.33. The van der Waals surface area contributed by atoms with Gasteiger partial charge in [-0.3, -0.25) is 9.69 Å². The minimum Gasteiger partial charge on any atom is -0.481 e. The average molecular weight is 265 g/mol. The maximum atomic E-state index is 11.4. The summed E-state index contributed by atoms with van der Waals surface area (Å²) in [5, 5.41) is 11.5. The Morgan fingerprint density at radius 3 is 3.06 bits per heavy atom. The van der Waals surface area contributed by atoms with Gasteiger partial charge in [-0.25, -0.2) is 0 Å². The van der Waals surface area contributed by atoms with Crippen LogP contribution in [0.5, 0.6) is 0 Å². The predicted octanol–water partition coefficient (Wildman–Crippen LogP) is 2.75. The Bertz CT molecular complexity index is 443. The summed E-state index contributed by atoms with van der Waals surface area (Å²) in [4.78, 5) is 15.3. The van der Waals surface area contributed by atoms with Crippen LogP contribution < -0.4 is 0 Å². The molecule has 1 aromatic rings. The first-order valence-electron chi connectivity index (χ1n) is 6.78. The second kappa shape index (κ2) is 5.02. The van der Waals surface area contributed by atoms with Gasteiger partial charge in [0.2, 0.25) is 0 Å². The average Bonchev–Trinajstić information content (AvgIpc) is 2.85. The van der Waals surface area contributed by atoms with Gasteiger partial charge >= 0.3 is 5.97 Å². The smallest absolute Gasteiger partial charge is 0.308 e. The van der Waals surface area contributed by atoms with Crippen molar-refractivity contribution in [3.63, 3.8) is 0 Å². The molecule has 2 unspecified atom stereocenters. The van der Waals surface area contributed by atoms with Gasteiger partial charge in [-0.15, -0.1) is 11.3 Å². The summed E-state index contributed by atoms with van der Waals surface area (Å²) in [6.07, 6.45) is 5.26. The minimum absolute atomic E-state index is 0.154. The number of aliphatic carboxylic acids is 1. The number of hydrogen-bond donors (Lipinski definition) is 1. The van der Waals surface area contributed by atoms with Crippen LogP contribution >= 0.6 is 11.3 Å². The molecular weight excluding hydrogens is 246 g/mol. The lowest BCUT2D eigenvalue weighted by Crippen LogP contribution is -2.47. The van der Waals surface area contributed by atoms with Crippen LogP contribution in [0.25, 0.3) is 0 Å². The zero-order chi connectivity index (χ0) is 12.5. The summed E-state index contributed by atoms with van der Waals surface area (Å²) >= 11 is 1.84. The molecule has 1 aliphatic carbocycles. The highest BCUT2D eigenvalue weighted by Gasteiger charge is 2.36. The molecule has 2 heterocycles. The molecule has 3 nitrogen and oxygen atoms in total. The molecule has 2 aliphatic rings. The number of nitrogens with zero attached hydrogens (tertiary/aromatic N) is 1. The lowest BCUT2D eigenvalue weighted by atomic mass is 9.83. The number of rotatable bonds is 2. The van der Waals surface area contributed by atoms with Gasteiger partial charge in [-0.1, -0.05) is 12.8 Å². The fraction of sp³-hybridized carbons (Fsp3) is 0.643. The van der Waals surface area contributed by atoms with Gasteiger partial charge in [0.05, 0.1) is 5.92 Å². The van der Waals surface area contributed by atoms with Gasteiger partial charge < -0.3 is 5.11 Å². The first kappa shape index (κ1) is 12.2. The number of carbonyl (C=O) groups is 1. The lowest BCUT2D eigenvalue weighted by Gasteiger charge is -2.40.